The van der Waals surface area contributed by atoms with Crippen LogP contribution < -0.4 is 24.0 Å². The van der Waals surface area contributed by atoms with Crippen LogP contribution in [0.3, 0.4) is 0 Å². The molecule has 0 N–H and O–H groups in total. The van der Waals surface area contributed by atoms with Gasteiger partial charge in [-0.3, -0.25) is 14.5 Å². The van der Waals surface area contributed by atoms with Crippen LogP contribution in [0.15, 0.2) is 170 Å². The third-order valence-electron chi connectivity index (χ3n) is 30.5. The van der Waals surface area contributed by atoms with Crippen LogP contribution in [0.1, 0.15) is 228 Å². The normalized spacial score (nSPS) is 19.1. The van der Waals surface area contributed by atoms with Crippen molar-refractivity contribution in [2.45, 2.75) is 279 Å². The summed E-state index contributed by atoms with van der Waals surface area (Å²) < 4.78 is 18.8. The van der Waals surface area contributed by atoms with Gasteiger partial charge in [0.1, 0.15) is 17.2 Å². The molecular weight excluding hydrogens is 1760 g/mol. The summed E-state index contributed by atoms with van der Waals surface area (Å²) in [4.78, 5) is 36.6. The van der Waals surface area contributed by atoms with Gasteiger partial charge in [0.15, 0.2) is 0 Å². The molecule has 0 spiro atoms. The molecule has 12 aromatic carbocycles. The van der Waals surface area contributed by atoms with Gasteiger partial charge in [-0.1, -0.05) is 150 Å². The van der Waals surface area contributed by atoms with Gasteiger partial charge in [-0.05, 0) is 372 Å². The van der Waals surface area contributed by atoms with Gasteiger partial charge >= 0.3 is 73.4 Å². The van der Waals surface area contributed by atoms with E-state index in [4.69, 9.17) is 33.6 Å². The van der Waals surface area contributed by atoms with E-state index >= 15 is 0 Å². The summed E-state index contributed by atoms with van der Waals surface area (Å²) in [7, 11) is 16.5. The molecule has 22 rings (SSSR count). The Morgan fingerprint density at radius 2 is 0.718 bits per heavy atom. The molecule has 12 aromatic rings. The molecule has 10 aliphatic rings. The molecule has 10 nitrogen and oxygen atoms in total. The van der Waals surface area contributed by atoms with Crippen LogP contribution >= 0.6 is 27.3 Å². The van der Waals surface area contributed by atoms with E-state index < -0.39 is 13.5 Å². The molecule has 3 aliphatic carbocycles. The first-order chi connectivity index (χ1) is 63.4. The van der Waals surface area contributed by atoms with Crippen molar-refractivity contribution >= 4 is 120 Å². The minimum absolute atomic E-state index is 0.0465. The van der Waals surface area contributed by atoms with Crippen molar-refractivity contribution in [2.75, 3.05) is 50.8 Å². The SMILES string of the molecule is C1CCC([PH+](C2CCCCC2)C2CCCCC2)CC1.COc1cc2c3c(c4ccc(C)cc4c2cc1C)CN1C(=O)CC=CC1C3.COc1cc2c3c(c4ccc(C)cc4c2cc1C)CN1C(=O)CC=CC1C3.COc1cc2c3c(c4ccc(C)cc4c2cc1C)CN1CCCC1C3.Cc1cc(C)c(N2[CH-]N(c3c(C)cc(C)cc3C)CC2)c(C)c1.[Cl][Ru]([Cl])=[CH]c1ccccc1. The van der Waals surface area contributed by atoms with Crippen LogP contribution in [0, 0.1) is 89.8 Å². The number of carbonyl (C=O) groups is 2. The van der Waals surface area contributed by atoms with E-state index in [0.717, 1.165) is 72.5 Å². The number of benzene rings is 12. The van der Waals surface area contributed by atoms with Gasteiger partial charge in [-0.25, -0.2) is 0 Å². The van der Waals surface area contributed by atoms with Gasteiger partial charge in [0.25, 0.3) is 0 Å². The van der Waals surface area contributed by atoms with E-state index in [1.807, 2.05) is 56.9 Å². The van der Waals surface area contributed by atoms with Crippen molar-refractivity contribution in [3.8, 4) is 17.2 Å². The first-order valence-corrected chi connectivity index (χ1v) is 56.1. The molecule has 2 amide bonds. The Balaban J connectivity index is 0.000000112. The summed E-state index contributed by atoms with van der Waals surface area (Å²) >= 11 is -1.61. The number of hydrogen-bond acceptors (Lipinski definition) is 8. The van der Waals surface area contributed by atoms with Crippen molar-refractivity contribution < 1.29 is 37.3 Å². The molecule has 0 aromatic heterocycles. The van der Waals surface area contributed by atoms with E-state index in [-0.39, 0.29) is 31.8 Å². The number of halogens is 2. The Hall–Kier alpha value is -8.92. The maximum absolute atomic E-state index is 12.5. The fourth-order valence-electron chi connectivity index (χ4n) is 24.6. The molecule has 3 saturated carbocycles. The molecule has 131 heavy (non-hydrogen) atoms. The third-order valence-corrected chi connectivity index (χ3v) is 36.9. The van der Waals surface area contributed by atoms with Gasteiger partial charge in [0.05, 0.1) is 50.4 Å². The predicted molar refractivity (Wildman–Crippen MR) is 556 cm³/mol. The van der Waals surface area contributed by atoms with Crippen molar-refractivity contribution in [3.63, 3.8) is 0 Å². The average Bonchev–Trinajstić information content (AvgIpc) is 1.00. The molecular formula is C117H138Cl2N5O5PRu. The van der Waals surface area contributed by atoms with Crippen molar-refractivity contribution in [3.05, 3.63) is 282 Å². The zero-order valence-electron chi connectivity index (χ0n) is 80.5. The third kappa shape index (κ3) is 20.3. The van der Waals surface area contributed by atoms with Crippen molar-refractivity contribution in [1.29, 1.82) is 0 Å². The fraction of sp³-hybridized carbons (Fsp3) is 0.419. The standard InChI is InChI=1S/2C24H23NO2.C23H25NO.C21H27N2.C18H33P.C7H6.2ClH.Ru/c2*1-14-7-8-17-18(9-14)19-10-15(2)23(27-3)12-21(19)20-11-16-5-4-6-24(26)25(16)13-22(17)20;1-14-6-7-17-18(9-14)19-10-15(2)23(25-3)12-21(19)20-11-16-5-4-8-24(16)13-22(17)20;1-14-9-16(3)20(17(4)10-14)22-7-8-23(13-22)21-18(5)11-15(2)12-19(21)6;1-4-10-16(11-5-1)19(17-12-6-2-7-13-17)18-14-8-3-9-15-18;1-7-5-3-2-4-6-7;;;/h2*4-5,7-10,12,16H,6,11,13H2,1-3H3;6-7,9-10,12,16H,4-5,8,11,13H2,1-3H3;9-13H,7-8H2,1-6H3;16-18H,1-15H2;1-6H;2*1H;/q;;;-1;;;;;+2/p-1. The van der Waals surface area contributed by atoms with E-state index in [0.29, 0.717) is 25.9 Å². The summed E-state index contributed by atoms with van der Waals surface area (Å²) in [6.45, 7) is 34.1. The topological polar surface area (TPSA) is 78.0 Å². The Labute approximate surface area is 795 Å². The maximum atomic E-state index is 12.5. The van der Waals surface area contributed by atoms with Gasteiger partial charge in [-0.2, -0.15) is 6.67 Å². The second-order valence-corrected chi connectivity index (χ2v) is 48.8. The predicted octanol–water partition coefficient (Wildman–Crippen LogP) is 28.7. The summed E-state index contributed by atoms with van der Waals surface area (Å²) in [6, 6.07) is 53.9. The number of aryl methyl sites for hydroxylation is 12. The summed E-state index contributed by atoms with van der Waals surface area (Å²) in [5.41, 5.74) is 31.4. The first-order valence-electron chi connectivity index (χ1n) is 48.9. The average molecular weight is 1900 g/mol. The van der Waals surface area contributed by atoms with Gasteiger partial charge in [0, 0.05) is 70.9 Å². The molecule has 3 atom stereocenters. The van der Waals surface area contributed by atoms with Crippen LogP contribution in [0.4, 0.5) is 11.4 Å². The quantitative estimate of drug-likeness (QED) is 0.0465. The first kappa shape index (κ1) is 93.9. The minimum atomic E-state index is -1.61. The van der Waals surface area contributed by atoms with Crippen molar-refractivity contribution in [2.24, 2.45) is 0 Å². The number of rotatable bonds is 9. The van der Waals surface area contributed by atoms with E-state index in [9.17, 15) is 9.59 Å². The monoisotopic (exact) mass is 1900 g/mol. The number of hydrogen-bond donors (Lipinski definition) is 0. The molecule has 14 heteroatoms. The molecule has 7 aliphatic heterocycles. The zero-order chi connectivity index (χ0) is 91.6. The van der Waals surface area contributed by atoms with Crippen LogP contribution in [0.25, 0.3) is 64.6 Å². The van der Waals surface area contributed by atoms with E-state index in [2.05, 4.69) is 232 Å². The van der Waals surface area contributed by atoms with Gasteiger partial charge in [-0.15, -0.1) is 0 Å². The Morgan fingerprint density at radius 3 is 1.08 bits per heavy atom. The number of methoxy groups -OCH3 is 3. The molecule has 5 fully saturated rings. The number of nitrogens with zero attached hydrogens (tertiary/aromatic N) is 5. The van der Waals surface area contributed by atoms with Crippen LogP contribution in [-0.4, -0.2) is 107 Å². The Bertz CT molecular complexity index is 6060. The summed E-state index contributed by atoms with van der Waals surface area (Å²) in [5, 5.41) is 15.8. The molecule has 7 heterocycles. The van der Waals surface area contributed by atoms with Crippen molar-refractivity contribution in [1.82, 2.24) is 14.7 Å². The Kier molecular flexibility index (Phi) is 29.7. The van der Waals surface area contributed by atoms with E-state index in [1.165, 1.54) is 197 Å². The summed E-state index contributed by atoms with van der Waals surface area (Å²) in [5.74, 6) is 3.32. The van der Waals surface area contributed by atoms with Crippen LogP contribution in [0.5, 0.6) is 17.2 Å². The fourth-order valence-corrected chi connectivity index (χ4v) is 31.6. The van der Waals surface area contributed by atoms with Crippen LogP contribution in [0.2, 0.25) is 0 Å². The molecule has 3 unspecified atom stereocenters. The second-order valence-electron chi connectivity index (χ2n) is 39.7. The van der Waals surface area contributed by atoms with Crippen LogP contribution in [-0.2, 0) is 62.0 Å². The Morgan fingerprint density at radius 1 is 0.359 bits per heavy atom. The zero-order valence-corrected chi connectivity index (χ0v) is 84.7. The molecule has 0 radical (unpaired) electrons. The number of carbonyl (C=O) groups excluding carboxylic acids is 2. The van der Waals surface area contributed by atoms with Gasteiger partial charge in [0.2, 0.25) is 11.8 Å². The molecule has 2 saturated heterocycles. The molecule has 0 bridgehead atoms. The number of amides is 2. The molecule has 688 valence electrons. The number of ether oxygens (including phenoxy) is 3. The number of fused-ring (bicyclic) bond motifs is 21. The summed E-state index contributed by atoms with van der Waals surface area (Å²) in [6.07, 6.45) is 38.9. The van der Waals surface area contributed by atoms with Gasteiger partial charge < -0.3 is 33.8 Å². The number of anilines is 2. The second kappa shape index (κ2) is 41.5. The van der Waals surface area contributed by atoms with E-state index in [1.54, 1.807) is 129 Å².